The number of carbonyl (C=O) groups excluding carboxylic acids is 1. The van der Waals surface area contributed by atoms with Gasteiger partial charge in [0.25, 0.3) is 5.91 Å². The van der Waals surface area contributed by atoms with Crippen molar-refractivity contribution in [1.82, 2.24) is 20.2 Å². The summed E-state index contributed by atoms with van der Waals surface area (Å²) >= 11 is 5.15. The van der Waals surface area contributed by atoms with Crippen LogP contribution in [0.4, 0.5) is 0 Å². The van der Waals surface area contributed by atoms with Crippen LogP contribution in [-0.4, -0.2) is 46.5 Å². The van der Waals surface area contributed by atoms with E-state index in [-0.39, 0.29) is 5.91 Å². The average molecular weight is 497 g/mol. The molecule has 31 heavy (non-hydrogen) atoms. The fourth-order valence-electron chi connectivity index (χ4n) is 4.98. The van der Waals surface area contributed by atoms with Crippen LogP contribution >= 0.6 is 27.3 Å². The van der Waals surface area contributed by atoms with E-state index < -0.39 is 0 Å². The molecule has 0 radical (unpaired) electrons. The molecule has 5 heterocycles. The first-order chi connectivity index (χ1) is 15.1. The monoisotopic (exact) mass is 496 g/mol. The maximum Gasteiger partial charge on any atom is 0.261 e. The Hall–Kier alpha value is -2.09. The minimum atomic E-state index is 0.0405. The number of hydrogen-bond acceptors (Lipinski definition) is 5. The van der Waals surface area contributed by atoms with Gasteiger partial charge in [-0.3, -0.25) is 9.69 Å². The van der Waals surface area contributed by atoms with Gasteiger partial charge in [-0.25, -0.2) is 9.97 Å². The molecule has 3 aliphatic heterocycles. The Morgan fingerprint density at radius 2 is 2.13 bits per heavy atom. The van der Waals surface area contributed by atoms with E-state index in [4.69, 9.17) is 9.97 Å². The number of nitrogens with zero attached hydrogens (tertiary/aromatic N) is 3. The van der Waals surface area contributed by atoms with Crippen molar-refractivity contribution < 1.29 is 4.79 Å². The predicted molar refractivity (Wildman–Crippen MR) is 127 cm³/mol. The van der Waals surface area contributed by atoms with Crippen molar-refractivity contribution in [2.75, 3.05) is 19.6 Å². The number of piperidine rings is 3. The summed E-state index contributed by atoms with van der Waals surface area (Å²) in [6.07, 6.45) is 2.29. The van der Waals surface area contributed by atoms with Gasteiger partial charge in [-0.2, -0.15) is 0 Å². The highest BCUT2D eigenvalue weighted by Gasteiger charge is 2.41. The van der Waals surface area contributed by atoms with Crippen molar-refractivity contribution >= 4 is 33.2 Å². The Morgan fingerprint density at radius 1 is 1.26 bits per heavy atom. The third-order valence-corrected chi connectivity index (χ3v) is 8.07. The maximum absolute atomic E-state index is 12.3. The summed E-state index contributed by atoms with van der Waals surface area (Å²) in [5, 5.41) is 5.08. The molecule has 4 atom stereocenters. The van der Waals surface area contributed by atoms with E-state index in [1.54, 1.807) is 0 Å². The van der Waals surface area contributed by atoms with Crippen LogP contribution in [0.15, 0.2) is 52.3 Å². The molecule has 0 spiro atoms. The Kier molecular flexibility index (Phi) is 5.91. The standard InChI is InChI=1S/C24H25BrN4OS/c1-15-27-21(18-5-2-3-6-20(18)25)12-22(28-15)19-14-29-9-8-16(19)11-17(29)13-26-24(30)23-7-4-10-31-23/h2-7,10,12,16-17,19H,8-9,11,13-14H2,1H3,(H,26,30)/t16-,17+,19-/m0/s1. The summed E-state index contributed by atoms with van der Waals surface area (Å²) in [5.74, 6) is 1.87. The van der Waals surface area contributed by atoms with E-state index in [9.17, 15) is 4.79 Å². The smallest absolute Gasteiger partial charge is 0.261 e. The van der Waals surface area contributed by atoms with Gasteiger partial charge in [0.1, 0.15) is 5.82 Å². The third-order valence-electron chi connectivity index (χ3n) is 6.51. The van der Waals surface area contributed by atoms with Crippen molar-refractivity contribution in [3.8, 4) is 11.3 Å². The lowest BCUT2D eigenvalue weighted by molar-refractivity contribution is 0.0290. The first kappa shape index (κ1) is 20.8. The van der Waals surface area contributed by atoms with Crippen molar-refractivity contribution in [1.29, 1.82) is 0 Å². The van der Waals surface area contributed by atoms with Crippen molar-refractivity contribution in [3.63, 3.8) is 0 Å². The first-order valence-corrected chi connectivity index (χ1v) is 12.4. The number of rotatable bonds is 5. The highest BCUT2D eigenvalue weighted by atomic mass is 79.9. The molecule has 3 aliphatic rings. The van der Waals surface area contributed by atoms with Gasteiger partial charge in [0.15, 0.2) is 0 Å². The molecule has 2 aromatic heterocycles. The molecule has 6 rings (SSSR count). The molecule has 1 amide bonds. The number of hydrogen-bond donors (Lipinski definition) is 1. The van der Waals surface area contributed by atoms with Gasteiger partial charge in [-0.15, -0.1) is 11.3 Å². The van der Waals surface area contributed by atoms with Crippen LogP contribution in [0.25, 0.3) is 11.3 Å². The van der Waals surface area contributed by atoms with E-state index in [0.29, 0.717) is 24.4 Å². The quantitative estimate of drug-likeness (QED) is 0.546. The number of thiophene rings is 1. The lowest BCUT2D eigenvalue weighted by Crippen LogP contribution is -2.56. The van der Waals surface area contributed by atoms with E-state index in [2.05, 4.69) is 44.3 Å². The van der Waals surface area contributed by atoms with Gasteiger partial charge in [-0.1, -0.05) is 40.2 Å². The Bertz CT molecular complexity index is 1090. The topological polar surface area (TPSA) is 58.1 Å². The Balaban J connectivity index is 1.31. The van der Waals surface area contributed by atoms with E-state index in [1.165, 1.54) is 17.8 Å². The largest absolute Gasteiger partial charge is 0.350 e. The molecule has 1 unspecified atom stereocenters. The fourth-order valence-corrected chi connectivity index (χ4v) is 6.11. The number of benzene rings is 1. The molecule has 3 saturated heterocycles. The van der Waals surface area contributed by atoms with Gasteiger partial charge in [-0.05, 0) is 55.8 Å². The Morgan fingerprint density at radius 3 is 2.87 bits per heavy atom. The number of amides is 1. The number of halogens is 1. The van der Waals surface area contributed by atoms with Crippen LogP contribution in [0.5, 0.6) is 0 Å². The summed E-state index contributed by atoms with van der Waals surface area (Å²) in [7, 11) is 0. The highest BCUT2D eigenvalue weighted by molar-refractivity contribution is 9.10. The molecule has 1 aromatic carbocycles. The zero-order valence-corrected chi connectivity index (χ0v) is 19.8. The van der Waals surface area contributed by atoms with Crippen LogP contribution in [0, 0.1) is 12.8 Å². The number of fused-ring (bicyclic) bond motifs is 3. The number of nitrogens with one attached hydrogen (secondary N) is 1. The second-order valence-electron chi connectivity index (χ2n) is 8.43. The second kappa shape index (κ2) is 8.81. The van der Waals surface area contributed by atoms with Crippen molar-refractivity contribution in [2.24, 2.45) is 5.92 Å². The molecule has 3 aromatic rings. The van der Waals surface area contributed by atoms with Crippen molar-refractivity contribution in [3.05, 3.63) is 68.7 Å². The summed E-state index contributed by atoms with van der Waals surface area (Å²) in [6.45, 7) is 4.79. The molecule has 0 aliphatic carbocycles. The van der Waals surface area contributed by atoms with Crippen LogP contribution in [-0.2, 0) is 0 Å². The van der Waals surface area contributed by atoms with Crippen LogP contribution < -0.4 is 5.32 Å². The molecular formula is C24H25BrN4OS. The number of carbonyl (C=O) groups is 1. The molecule has 5 nitrogen and oxygen atoms in total. The van der Waals surface area contributed by atoms with E-state index in [1.807, 2.05) is 36.6 Å². The lowest BCUT2D eigenvalue weighted by atomic mass is 9.74. The summed E-state index contributed by atoms with van der Waals surface area (Å²) in [6, 6.07) is 14.6. The molecule has 0 saturated carbocycles. The van der Waals surface area contributed by atoms with Gasteiger partial charge < -0.3 is 5.32 Å². The molecule has 1 N–H and O–H groups in total. The molecule has 2 bridgehead atoms. The van der Waals surface area contributed by atoms with Gasteiger partial charge in [0.05, 0.1) is 10.6 Å². The maximum atomic E-state index is 12.3. The number of aromatic nitrogens is 2. The Labute approximate surface area is 195 Å². The highest BCUT2D eigenvalue weighted by Crippen LogP contribution is 2.42. The molecular weight excluding hydrogens is 472 g/mol. The van der Waals surface area contributed by atoms with Gasteiger partial charge >= 0.3 is 0 Å². The van der Waals surface area contributed by atoms with Crippen molar-refractivity contribution in [2.45, 2.75) is 31.7 Å². The minimum absolute atomic E-state index is 0.0405. The summed E-state index contributed by atoms with van der Waals surface area (Å²) in [4.78, 5) is 25.2. The lowest BCUT2D eigenvalue weighted by Gasteiger charge is -2.49. The molecule has 160 valence electrons. The van der Waals surface area contributed by atoms with Crippen LogP contribution in [0.3, 0.4) is 0 Å². The zero-order chi connectivity index (χ0) is 21.4. The van der Waals surface area contributed by atoms with E-state index in [0.717, 1.165) is 51.6 Å². The second-order valence-corrected chi connectivity index (χ2v) is 10.2. The first-order valence-electron chi connectivity index (χ1n) is 10.7. The van der Waals surface area contributed by atoms with Gasteiger partial charge in [0.2, 0.25) is 0 Å². The van der Waals surface area contributed by atoms with Crippen LogP contribution in [0.2, 0.25) is 0 Å². The number of aryl methyl sites for hydroxylation is 1. The third kappa shape index (κ3) is 4.31. The SMILES string of the molecule is Cc1nc(-c2ccccc2Br)cc([C@H]2CN3CC[C@H]2C[C@@H]3CNC(=O)c2cccs2)n1. The molecule has 7 heteroatoms. The minimum Gasteiger partial charge on any atom is -0.350 e. The van der Waals surface area contributed by atoms with Crippen LogP contribution in [0.1, 0.15) is 39.9 Å². The summed E-state index contributed by atoms with van der Waals surface area (Å²) < 4.78 is 1.05. The molecule has 3 fully saturated rings. The zero-order valence-electron chi connectivity index (χ0n) is 17.4. The van der Waals surface area contributed by atoms with E-state index >= 15 is 0 Å². The normalized spacial score (nSPS) is 24.8. The fraction of sp³-hybridized carbons (Fsp3) is 0.375. The summed E-state index contributed by atoms with van der Waals surface area (Å²) in [5.41, 5.74) is 3.23. The average Bonchev–Trinajstić information content (AvgIpc) is 3.33. The predicted octanol–water partition coefficient (Wildman–Crippen LogP) is 4.88. The van der Waals surface area contributed by atoms with Gasteiger partial charge in [0, 0.05) is 40.8 Å².